The molecule has 0 fully saturated rings. The lowest BCUT2D eigenvalue weighted by molar-refractivity contribution is -0.385. The molecule has 0 saturated heterocycles. The summed E-state index contributed by atoms with van der Waals surface area (Å²) in [4.78, 5) is 9.93. The Balaban J connectivity index is 2.49. The minimum Gasteiger partial charge on any atom is -0.449 e. The van der Waals surface area contributed by atoms with Gasteiger partial charge in [-0.1, -0.05) is 27.5 Å². The molecule has 116 valence electrons. The molecule has 2 N–H and O–H groups in total. The number of ether oxygens (including phenoxy) is 1. The third-order valence-corrected chi connectivity index (χ3v) is 4.27. The van der Waals surface area contributed by atoms with Crippen LogP contribution in [-0.4, -0.2) is 13.3 Å². The Kier molecular flexibility index (Phi) is 4.71. The first-order chi connectivity index (χ1) is 10.2. The van der Waals surface area contributed by atoms with E-state index in [4.69, 9.17) is 21.5 Å². The molecular weight excluding hydrogens is 400 g/mol. The van der Waals surface area contributed by atoms with Gasteiger partial charge in [0, 0.05) is 10.5 Å². The van der Waals surface area contributed by atoms with Gasteiger partial charge in [0.15, 0.2) is 0 Å². The fourth-order valence-electron chi connectivity index (χ4n) is 1.58. The van der Waals surface area contributed by atoms with E-state index < -0.39 is 20.6 Å². The Morgan fingerprint density at radius 2 is 1.82 bits per heavy atom. The minimum absolute atomic E-state index is 0.151. The van der Waals surface area contributed by atoms with Crippen molar-refractivity contribution in [2.24, 2.45) is 5.14 Å². The van der Waals surface area contributed by atoms with Crippen molar-refractivity contribution in [2.45, 2.75) is 4.90 Å². The molecule has 0 radical (unpaired) electrons. The zero-order valence-electron chi connectivity index (χ0n) is 10.7. The van der Waals surface area contributed by atoms with E-state index in [-0.39, 0.29) is 21.4 Å². The van der Waals surface area contributed by atoms with Crippen molar-refractivity contribution in [1.29, 1.82) is 0 Å². The number of benzene rings is 2. The topological polar surface area (TPSA) is 113 Å². The highest BCUT2D eigenvalue weighted by Crippen LogP contribution is 2.37. The lowest BCUT2D eigenvalue weighted by Gasteiger charge is -2.09. The summed E-state index contributed by atoms with van der Waals surface area (Å²) < 4.78 is 28.6. The van der Waals surface area contributed by atoms with Crippen LogP contribution in [0.5, 0.6) is 11.5 Å². The van der Waals surface area contributed by atoms with Crippen molar-refractivity contribution < 1.29 is 18.1 Å². The van der Waals surface area contributed by atoms with Gasteiger partial charge in [0.25, 0.3) is 0 Å². The monoisotopic (exact) mass is 406 g/mol. The van der Waals surface area contributed by atoms with Crippen LogP contribution in [0.15, 0.2) is 45.8 Å². The largest absolute Gasteiger partial charge is 0.449 e. The fraction of sp³-hybridized carbons (Fsp3) is 0. The van der Waals surface area contributed by atoms with Gasteiger partial charge < -0.3 is 4.74 Å². The van der Waals surface area contributed by atoms with Crippen LogP contribution >= 0.6 is 27.5 Å². The number of hydrogen-bond donors (Lipinski definition) is 1. The lowest BCUT2D eigenvalue weighted by atomic mass is 10.3. The van der Waals surface area contributed by atoms with E-state index in [2.05, 4.69) is 15.9 Å². The number of halogens is 2. The molecule has 0 heterocycles. The van der Waals surface area contributed by atoms with Gasteiger partial charge in [-0.2, -0.15) is 0 Å². The van der Waals surface area contributed by atoms with Gasteiger partial charge in [0.1, 0.15) is 5.75 Å². The van der Waals surface area contributed by atoms with Gasteiger partial charge in [-0.25, -0.2) is 13.6 Å². The summed E-state index contributed by atoms with van der Waals surface area (Å²) in [5.41, 5.74) is -0.537. The van der Waals surface area contributed by atoms with Gasteiger partial charge in [-0.15, -0.1) is 0 Å². The van der Waals surface area contributed by atoms with Gasteiger partial charge >= 0.3 is 5.69 Å². The zero-order valence-corrected chi connectivity index (χ0v) is 13.9. The van der Waals surface area contributed by atoms with Crippen LogP contribution in [0.25, 0.3) is 0 Å². The highest BCUT2D eigenvalue weighted by atomic mass is 79.9. The maximum Gasteiger partial charge on any atom is 0.312 e. The highest BCUT2D eigenvalue weighted by Gasteiger charge is 2.21. The summed E-state index contributed by atoms with van der Waals surface area (Å²) in [6.45, 7) is 0. The first-order valence-corrected chi connectivity index (χ1v) is 8.34. The number of primary sulfonamides is 1. The summed E-state index contributed by atoms with van der Waals surface area (Å²) in [6.07, 6.45) is 0. The van der Waals surface area contributed by atoms with Gasteiger partial charge in [0.2, 0.25) is 15.8 Å². The van der Waals surface area contributed by atoms with E-state index in [1.165, 1.54) is 6.07 Å². The van der Waals surface area contributed by atoms with Crippen molar-refractivity contribution in [3.63, 3.8) is 0 Å². The molecule has 0 atom stereocenters. The molecule has 0 saturated carbocycles. The third-order valence-electron chi connectivity index (χ3n) is 2.57. The van der Waals surface area contributed by atoms with Crippen molar-refractivity contribution in [1.82, 2.24) is 0 Å². The molecule has 0 amide bonds. The number of sulfonamides is 1. The molecule has 0 aliphatic heterocycles. The maximum absolute atomic E-state index is 11.3. The van der Waals surface area contributed by atoms with E-state index in [1.807, 2.05) is 0 Å². The van der Waals surface area contributed by atoms with Crippen LogP contribution in [-0.2, 0) is 10.0 Å². The molecule has 0 aliphatic rings. The molecule has 2 aromatic carbocycles. The van der Waals surface area contributed by atoms with Crippen LogP contribution in [0, 0.1) is 10.1 Å². The molecule has 0 aromatic heterocycles. The number of nitro benzene ring substituents is 1. The standard InChI is InChI=1S/C12H8BrClN2O5S/c13-7-1-3-11(9(14)5-7)21-12-4-2-8(22(15,19)20)6-10(12)16(17)18/h1-6H,(H2,15,19,20). The van der Waals surface area contributed by atoms with Crippen molar-refractivity contribution >= 4 is 43.2 Å². The van der Waals surface area contributed by atoms with E-state index in [0.29, 0.717) is 4.47 Å². The van der Waals surface area contributed by atoms with Crippen LogP contribution in [0.3, 0.4) is 0 Å². The number of nitro groups is 1. The molecule has 0 spiro atoms. The first-order valence-electron chi connectivity index (χ1n) is 5.62. The predicted octanol–water partition coefficient (Wildman–Crippen LogP) is 3.45. The van der Waals surface area contributed by atoms with Crippen LogP contribution < -0.4 is 9.88 Å². The quantitative estimate of drug-likeness (QED) is 0.616. The Morgan fingerprint density at radius 3 is 2.36 bits per heavy atom. The molecule has 2 rings (SSSR count). The Labute approximate surface area is 139 Å². The van der Waals surface area contributed by atoms with E-state index in [0.717, 1.165) is 18.2 Å². The maximum atomic E-state index is 11.3. The van der Waals surface area contributed by atoms with E-state index in [1.54, 1.807) is 12.1 Å². The average Bonchev–Trinajstić information content (AvgIpc) is 2.40. The smallest absolute Gasteiger partial charge is 0.312 e. The molecular formula is C12H8BrClN2O5S. The van der Waals surface area contributed by atoms with Crippen LogP contribution in [0.1, 0.15) is 0 Å². The number of nitrogens with two attached hydrogens (primary N) is 1. The molecule has 10 heteroatoms. The second-order valence-corrected chi connectivity index (χ2v) is 6.99. The summed E-state index contributed by atoms with van der Waals surface area (Å²) in [5.74, 6) is 0.0398. The van der Waals surface area contributed by atoms with Gasteiger partial charge in [0.05, 0.1) is 14.8 Å². The minimum atomic E-state index is -4.05. The Hall–Kier alpha value is -1.68. The SMILES string of the molecule is NS(=O)(=O)c1ccc(Oc2ccc(Br)cc2Cl)c([N+](=O)[O-])c1. The van der Waals surface area contributed by atoms with E-state index >= 15 is 0 Å². The molecule has 2 aromatic rings. The summed E-state index contributed by atoms with van der Waals surface area (Å²) >= 11 is 9.20. The van der Waals surface area contributed by atoms with Gasteiger partial charge in [-0.05, 0) is 30.3 Å². The second-order valence-electron chi connectivity index (χ2n) is 4.11. The lowest BCUT2D eigenvalue weighted by Crippen LogP contribution is -2.12. The van der Waals surface area contributed by atoms with Crippen LogP contribution in [0.4, 0.5) is 5.69 Å². The van der Waals surface area contributed by atoms with Gasteiger partial charge in [-0.3, -0.25) is 10.1 Å². The molecule has 0 aliphatic carbocycles. The van der Waals surface area contributed by atoms with E-state index in [9.17, 15) is 18.5 Å². The van der Waals surface area contributed by atoms with Crippen molar-refractivity contribution in [2.75, 3.05) is 0 Å². The highest BCUT2D eigenvalue weighted by molar-refractivity contribution is 9.10. The molecule has 0 bridgehead atoms. The second kappa shape index (κ2) is 6.21. The van der Waals surface area contributed by atoms with Crippen LogP contribution in [0.2, 0.25) is 5.02 Å². The zero-order chi connectivity index (χ0) is 16.5. The number of nitrogens with zero attached hydrogens (tertiary/aromatic N) is 1. The molecule has 7 nitrogen and oxygen atoms in total. The summed E-state index contributed by atoms with van der Waals surface area (Å²) in [5, 5.41) is 16.3. The first kappa shape index (κ1) is 16.7. The van der Waals surface area contributed by atoms with Crippen molar-refractivity contribution in [3.05, 3.63) is 56.0 Å². The fourth-order valence-corrected chi connectivity index (χ4v) is 2.83. The third kappa shape index (κ3) is 3.74. The average molecular weight is 408 g/mol. The number of rotatable bonds is 4. The Bertz CT molecular complexity index is 857. The molecule has 22 heavy (non-hydrogen) atoms. The van der Waals surface area contributed by atoms with Crippen molar-refractivity contribution in [3.8, 4) is 11.5 Å². The number of hydrogen-bond acceptors (Lipinski definition) is 5. The summed E-state index contributed by atoms with van der Waals surface area (Å²) in [7, 11) is -4.05. The molecule has 0 unspecified atom stereocenters. The predicted molar refractivity (Wildman–Crippen MR) is 83.7 cm³/mol. The Morgan fingerprint density at radius 1 is 1.18 bits per heavy atom. The summed E-state index contributed by atoms with van der Waals surface area (Å²) in [6, 6.07) is 7.81. The normalized spacial score (nSPS) is 11.2.